The van der Waals surface area contributed by atoms with Crippen LogP contribution in [-0.4, -0.2) is 21.2 Å². The van der Waals surface area contributed by atoms with Gasteiger partial charge in [0.25, 0.3) is 5.69 Å². The number of hydrogen-bond acceptors (Lipinski definition) is 5. The summed E-state index contributed by atoms with van der Waals surface area (Å²) in [5.41, 5.74) is -1.89. The average molecular weight is 271 g/mol. The molecule has 0 aliphatic heterocycles. The normalized spacial score (nSPS) is 12.5. The molecule has 0 heterocycles. The first kappa shape index (κ1) is 14.9. The van der Waals surface area contributed by atoms with Crippen LogP contribution in [0.25, 0.3) is 0 Å². The van der Waals surface area contributed by atoms with Crippen molar-refractivity contribution in [2.24, 2.45) is 0 Å². The van der Waals surface area contributed by atoms with E-state index in [9.17, 15) is 15.2 Å². The minimum absolute atomic E-state index is 0.00551. The summed E-state index contributed by atoms with van der Waals surface area (Å²) in [6.45, 7) is 6.73. The fourth-order valence-electron chi connectivity index (χ4n) is 0.929. The molecule has 0 atom stereocenters. The van der Waals surface area contributed by atoms with Crippen LogP contribution in [-0.2, 0) is 4.18 Å². The number of hydrogen-bond donors (Lipinski definition) is 1. The van der Waals surface area contributed by atoms with Crippen LogP contribution in [0.5, 0.6) is 0 Å². The third kappa shape index (κ3) is 3.44. The van der Waals surface area contributed by atoms with Crippen molar-refractivity contribution in [2.75, 3.05) is 0 Å². The molecule has 1 N–H and O–H groups in total. The molecule has 0 saturated carbocycles. The zero-order valence-corrected chi connectivity index (χ0v) is 11.7. The molecule has 6 heteroatoms. The number of nitrogens with zero attached hydrogens (tertiary/aromatic N) is 1. The van der Waals surface area contributed by atoms with Crippen LogP contribution in [0, 0.1) is 10.1 Å². The zero-order chi connectivity index (χ0) is 14.0. The Bertz CT molecular complexity index is 440. The van der Waals surface area contributed by atoms with E-state index >= 15 is 0 Å². The highest BCUT2D eigenvalue weighted by atomic mass is 32.2. The molecule has 0 spiro atoms. The van der Waals surface area contributed by atoms with Crippen LogP contribution in [0.4, 0.5) is 5.69 Å². The summed E-state index contributed by atoms with van der Waals surface area (Å²) in [5, 5.41) is 20.8. The van der Waals surface area contributed by atoms with Gasteiger partial charge in [-0.2, -0.15) is 0 Å². The van der Waals surface area contributed by atoms with E-state index in [1.165, 1.54) is 6.07 Å². The van der Waals surface area contributed by atoms with E-state index in [-0.39, 0.29) is 5.69 Å². The topological polar surface area (TPSA) is 72.6 Å². The minimum Gasteiger partial charge on any atom is -0.387 e. The molecule has 0 fully saturated rings. The van der Waals surface area contributed by atoms with Crippen molar-refractivity contribution in [3.05, 3.63) is 34.4 Å². The highest BCUT2D eigenvalue weighted by Gasteiger charge is 2.37. The number of aliphatic hydroxyl groups is 1. The standard InChI is InChI=1S/C12H17NO4S/c1-11(2,14)12(3,4)17-18-10-8-6-5-7-9(10)13(15)16/h5-8,14H,1-4H3. The number of nitro benzene ring substituents is 1. The van der Waals surface area contributed by atoms with Gasteiger partial charge in [0.05, 0.1) is 10.5 Å². The van der Waals surface area contributed by atoms with Crippen LogP contribution in [0.15, 0.2) is 29.2 Å². The van der Waals surface area contributed by atoms with Gasteiger partial charge < -0.3 is 9.29 Å². The monoisotopic (exact) mass is 271 g/mol. The SMILES string of the molecule is CC(C)(O)C(C)(C)OSc1ccccc1[N+](=O)[O-]. The molecule has 0 aromatic heterocycles. The largest absolute Gasteiger partial charge is 0.387 e. The molecule has 1 aromatic carbocycles. The van der Waals surface area contributed by atoms with Crippen LogP contribution in [0.3, 0.4) is 0 Å². The van der Waals surface area contributed by atoms with E-state index in [1.54, 1.807) is 45.9 Å². The molecule has 0 aliphatic carbocycles. The summed E-state index contributed by atoms with van der Waals surface area (Å²) in [4.78, 5) is 10.8. The molecule has 0 amide bonds. The van der Waals surface area contributed by atoms with Crippen LogP contribution in [0.1, 0.15) is 27.7 Å². The fraction of sp³-hybridized carbons (Fsp3) is 0.500. The maximum absolute atomic E-state index is 10.8. The predicted octanol–water partition coefficient (Wildman–Crippen LogP) is 3.17. The first-order valence-electron chi connectivity index (χ1n) is 5.46. The van der Waals surface area contributed by atoms with E-state index in [1.807, 2.05) is 0 Å². The number of para-hydroxylation sites is 1. The van der Waals surface area contributed by atoms with Crippen molar-refractivity contribution in [1.29, 1.82) is 0 Å². The van der Waals surface area contributed by atoms with Crippen LogP contribution >= 0.6 is 12.0 Å². The van der Waals surface area contributed by atoms with Gasteiger partial charge in [0, 0.05) is 18.1 Å². The molecule has 0 aliphatic rings. The molecule has 0 bridgehead atoms. The van der Waals surface area contributed by atoms with E-state index < -0.39 is 16.1 Å². The Hall–Kier alpha value is -1.11. The summed E-state index contributed by atoms with van der Waals surface area (Å²) in [5.74, 6) is 0. The lowest BCUT2D eigenvalue weighted by molar-refractivity contribution is -0.387. The van der Waals surface area contributed by atoms with Crippen molar-refractivity contribution in [3.8, 4) is 0 Å². The summed E-state index contributed by atoms with van der Waals surface area (Å²) >= 11 is 0.908. The second-order valence-corrected chi connectivity index (χ2v) is 5.73. The minimum atomic E-state index is -1.05. The van der Waals surface area contributed by atoms with Crippen molar-refractivity contribution < 1.29 is 14.2 Å². The van der Waals surface area contributed by atoms with Gasteiger partial charge in [-0.25, -0.2) is 0 Å². The Balaban J connectivity index is 2.85. The zero-order valence-electron chi connectivity index (χ0n) is 10.8. The smallest absolute Gasteiger partial charge is 0.285 e. The van der Waals surface area contributed by atoms with Crippen molar-refractivity contribution in [3.63, 3.8) is 0 Å². The molecule has 100 valence electrons. The molecule has 18 heavy (non-hydrogen) atoms. The first-order chi connectivity index (χ1) is 8.15. The van der Waals surface area contributed by atoms with Crippen molar-refractivity contribution in [1.82, 2.24) is 0 Å². The van der Waals surface area contributed by atoms with Gasteiger partial charge in [0.1, 0.15) is 10.5 Å². The summed E-state index contributed by atoms with van der Waals surface area (Å²) in [6, 6.07) is 6.34. The predicted molar refractivity (Wildman–Crippen MR) is 70.4 cm³/mol. The Kier molecular flexibility index (Phi) is 4.37. The second kappa shape index (κ2) is 5.26. The van der Waals surface area contributed by atoms with Gasteiger partial charge in [-0.3, -0.25) is 10.1 Å². The van der Waals surface area contributed by atoms with Gasteiger partial charge >= 0.3 is 0 Å². The lowest BCUT2D eigenvalue weighted by Gasteiger charge is -2.35. The number of rotatable bonds is 5. The van der Waals surface area contributed by atoms with Gasteiger partial charge in [0.2, 0.25) is 0 Å². The molecular formula is C12H17NO4S. The van der Waals surface area contributed by atoms with Gasteiger partial charge in [-0.05, 0) is 33.8 Å². The Morgan fingerprint density at radius 2 is 1.83 bits per heavy atom. The lowest BCUT2D eigenvalue weighted by atomic mass is 9.90. The second-order valence-electron chi connectivity index (χ2n) is 4.96. The van der Waals surface area contributed by atoms with Crippen LogP contribution < -0.4 is 0 Å². The summed E-state index contributed by atoms with van der Waals surface area (Å²) in [7, 11) is 0. The molecule has 0 saturated heterocycles. The number of benzene rings is 1. The van der Waals surface area contributed by atoms with E-state index in [2.05, 4.69) is 0 Å². The van der Waals surface area contributed by atoms with E-state index in [0.717, 1.165) is 12.0 Å². The Labute approximate surface area is 111 Å². The highest BCUT2D eigenvalue weighted by Crippen LogP contribution is 2.36. The molecule has 1 aromatic rings. The molecule has 5 nitrogen and oxygen atoms in total. The van der Waals surface area contributed by atoms with Gasteiger partial charge in [-0.1, -0.05) is 12.1 Å². The molecular weight excluding hydrogens is 254 g/mol. The average Bonchev–Trinajstić information content (AvgIpc) is 2.25. The quantitative estimate of drug-likeness (QED) is 0.506. The molecule has 0 unspecified atom stereocenters. The first-order valence-corrected chi connectivity index (χ1v) is 6.21. The highest BCUT2D eigenvalue weighted by molar-refractivity contribution is 7.94. The number of nitro groups is 1. The third-order valence-corrected chi connectivity index (χ3v) is 3.90. The fourth-order valence-corrected chi connectivity index (χ4v) is 1.79. The third-order valence-electron chi connectivity index (χ3n) is 2.88. The van der Waals surface area contributed by atoms with E-state index in [4.69, 9.17) is 4.18 Å². The van der Waals surface area contributed by atoms with Gasteiger partial charge in [-0.15, -0.1) is 0 Å². The Morgan fingerprint density at radius 1 is 1.28 bits per heavy atom. The molecule has 0 radical (unpaired) electrons. The maximum atomic E-state index is 10.8. The van der Waals surface area contributed by atoms with Crippen molar-refractivity contribution in [2.45, 2.75) is 43.8 Å². The lowest BCUT2D eigenvalue weighted by Crippen LogP contribution is -2.45. The molecule has 1 rings (SSSR count). The van der Waals surface area contributed by atoms with Crippen molar-refractivity contribution >= 4 is 17.7 Å². The maximum Gasteiger partial charge on any atom is 0.285 e. The Morgan fingerprint density at radius 3 is 2.33 bits per heavy atom. The van der Waals surface area contributed by atoms with E-state index in [0.29, 0.717) is 4.90 Å². The summed E-state index contributed by atoms with van der Waals surface area (Å²) < 4.78 is 5.53. The summed E-state index contributed by atoms with van der Waals surface area (Å²) in [6.07, 6.45) is 0. The van der Waals surface area contributed by atoms with Crippen LogP contribution in [0.2, 0.25) is 0 Å². The van der Waals surface area contributed by atoms with Gasteiger partial charge in [0.15, 0.2) is 0 Å².